The highest BCUT2D eigenvalue weighted by Gasteiger charge is 2.25. The third-order valence-corrected chi connectivity index (χ3v) is 4.12. The van der Waals surface area contributed by atoms with Crippen LogP contribution in [0.4, 0.5) is 0 Å². The number of aryl methyl sites for hydroxylation is 1. The molecule has 1 aromatic rings. The lowest BCUT2D eigenvalue weighted by Gasteiger charge is -2.42. The molecule has 0 radical (unpaired) electrons. The number of benzene rings is 1. The Morgan fingerprint density at radius 2 is 1.74 bits per heavy atom. The van der Waals surface area contributed by atoms with E-state index in [1.54, 1.807) is 0 Å². The van der Waals surface area contributed by atoms with Crippen LogP contribution in [0.3, 0.4) is 0 Å². The summed E-state index contributed by atoms with van der Waals surface area (Å²) in [6.07, 6.45) is 1.18. The van der Waals surface area contributed by atoms with E-state index in [2.05, 4.69) is 61.8 Å². The Bertz CT molecular complexity index is 398. The summed E-state index contributed by atoms with van der Waals surface area (Å²) in [5.74, 6) is 0. The topological polar surface area (TPSA) is 6.48 Å². The van der Waals surface area contributed by atoms with Crippen LogP contribution in [0.15, 0.2) is 24.3 Å². The summed E-state index contributed by atoms with van der Waals surface area (Å²) in [7, 11) is 0. The number of rotatable bonds is 3. The average molecular weight is 260 g/mol. The molecule has 1 heterocycles. The lowest BCUT2D eigenvalue weighted by atomic mass is 10.0. The standard InChI is InChI=1S/C17H28N2/c1-15-6-5-7-16(14-15)8-9-18-10-12-19(13-11-18)17(2,3)4/h5-7,14H,8-13H2,1-4H3. The molecule has 2 rings (SSSR count). The first-order chi connectivity index (χ1) is 8.95. The van der Waals surface area contributed by atoms with Gasteiger partial charge in [-0.25, -0.2) is 0 Å². The van der Waals surface area contributed by atoms with Crippen molar-refractivity contribution in [2.75, 3.05) is 32.7 Å². The molecule has 106 valence electrons. The van der Waals surface area contributed by atoms with Crippen molar-refractivity contribution >= 4 is 0 Å². The number of hydrogen-bond acceptors (Lipinski definition) is 2. The summed E-state index contributed by atoms with van der Waals surface area (Å²) in [5.41, 5.74) is 3.16. The zero-order valence-corrected chi connectivity index (χ0v) is 12.9. The first-order valence-electron chi connectivity index (χ1n) is 7.48. The Morgan fingerprint density at radius 1 is 1.05 bits per heavy atom. The van der Waals surface area contributed by atoms with Crippen molar-refractivity contribution in [2.45, 2.75) is 39.7 Å². The normalized spacial score (nSPS) is 18.7. The van der Waals surface area contributed by atoms with Crippen LogP contribution in [0, 0.1) is 6.92 Å². The zero-order chi connectivity index (χ0) is 13.9. The molecule has 0 unspecified atom stereocenters. The third kappa shape index (κ3) is 4.32. The predicted octanol–water partition coefficient (Wildman–Crippen LogP) is 2.95. The highest BCUT2D eigenvalue weighted by molar-refractivity contribution is 5.22. The Labute approximate surface area is 118 Å². The van der Waals surface area contributed by atoms with Crippen molar-refractivity contribution in [3.05, 3.63) is 35.4 Å². The SMILES string of the molecule is Cc1cccc(CCN2CCN(C(C)(C)C)CC2)c1. The number of hydrogen-bond donors (Lipinski definition) is 0. The first-order valence-corrected chi connectivity index (χ1v) is 7.48. The van der Waals surface area contributed by atoms with Gasteiger partial charge in [0, 0.05) is 38.3 Å². The van der Waals surface area contributed by atoms with E-state index in [1.807, 2.05) is 0 Å². The van der Waals surface area contributed by atoms with Gasteiger partial charge in [-0.05, 0) is 39.7 Å². The van der Waals surface area contributed by atoms with Gasteiger partial charge < -0.3 is 4.90 Å². The molecule has 0 aliphatic carbocycles. The Balaban J connectivity index is 1.77. The van der Waals surface area contributed by atoms with Gasteiger partial charge in [0.05, 0.1) is 0 Å². The zero-order valence-electron chi connectivity index (χ0n) is 12.9. The fraction of sp³-hybridized carbons (Fsp3) is 0.647. The Hall–Kier alpha value is -0.860. The minimum atomic E-state index is 0.322. The van der Waals surface area contributed by atoms with Gasteiger partial charge in [0.25, 0.3) is 0 Å². The molecule has 0 aromatic heterocycles. The van der Waals surface area contributed by atoms with Gasteiger partial charge >= 0.3 is 0 Å². The summed E-state index contributed by atoms with van der Waals surface area (Å²) in [6.45, 7) is 15.1. The van der Waals surface area contributed by atoms with Crippen molar-refractivity contribution in [1.29, 1.82) is 0 Å². The van der Waals surface area contributed by atoms with Gasteiger partial charge in [-0.3, -0.25) is 4.90 Å². The van der Waals surface area contributed by atoms with E-state index in [0.29, 0.717) is 5.54 Å². The Morgan fingerprint density at radius 3 is 2.32 bits per heavy atom. The highest BCUT2D eigenvalue weighted by Crippen LogP contribution is 2.16. The van der Waals surface area contributed by atoms with E-state index in [9.17, 15) is 0 Å². The van der Waals surface area contributed by atoms with Crippen molar-refractivity contribution in [3.63, 3.8) is 0 Å². The second-order valence-corrected chi connectivity index (χ2v) is 6.74. The van der Waals surface area contributed by atoms with Gasteiger partial charge in [0.15, 0.2) is 0 Å². The molecule has 2 heteroatoms. The van der Waals surface area contributed by atoms with Crippen molar-refractivity contribution in [1.82, 2.24) is 9.80 Å². The van der Waals surface area contributed by atoms with E-state index >= 15 is 0 Å². The molecule has 1 saturated heterocycles. The van der Waals surface area contributed by atoms with Crippen molar-refractivity contribution in [3.8, 4) is 0 Å². The molecule has 0 amide bonds. The van der Waals surface area contributed by atoms with E-state index in [0.717, 1.165) is 0 Å². The molecular weight excluding hydrogens is 232 g/mol. The Kier molecular flexibility index (Phi) is 4.64. The second kappa shape index (κ2) is 6.06. The summed E-state index contributed by atoms with van der Waals surface area (Å²) >= 11 is 0. The molecule has 1 aliphatic heterocycles. The van der Waals surface area contributed by atoms with E-state index < -0.39 is 0 Å². The summed E-state index contributed by atoms with van der Waals surface area (Å²) in [5, 5.41) is 0. The van der Waals surface area contributed by atoms with Gasteiger partial charge in [-0.15, -0.1) is 0 Å². The van der Waals surface area contributed by atoms with Crippen LogP contribution in [-0.4, -0.2) is 48.1 Å². The molecule has 0 bridgehead atoms. The molecule has 0 atom stereocenters. The van der Waals surface area contributed by atoms with Crippen LogP contribution in [-0.2, 0) is 6.42 Å². The molecule has 1 fully saturated rings. The van der Waals surface area contributed by atoms with Crippen LogP contribution in [0.5, 0.6) is 0 Å². The quantitative estimate of drug-likeness (QED) is 0.824. The maximum atomic E-state index is 2.60. The fourth-order valence-corrected chi connectivity index (χ4v) is 2.80. The van der Waals surface area contributed by atoms with E-state index in [4.69, 9.17) is 0 Å². The van der Waals surface area contributed by atoms with Crippen LogP contribution in [0.2, 0.25) is 0 Å². The van der Waals surface area contributed by atoms with Crippen LogP contribution in [0.1, 0.15) is 31.9 Å². The van der Waals surface area contributed by atoms with Crippen molar-refractivity contribution < 1.29 is 0 Å². The van der Waals surface area contributed by atoms with Crippen molar-refractivity contribution in [2.24, 2.45) is 0 Å². The molecule has 0 spiro atoms. The van der Waals surface area contributed by atoms with Gasteiger partial charge in [0.1, 0.15) is 0 Å². The van der Waals surface area contributed by atoms with Crippen LogP contribution < -0.4 is 0 Å². The molecule has 19 heavy (non-hydrogen) atoms. The monoisotopic (exact) mass is 260 g/mol. The number of nitrogens with zero attached hydrogens (tertiary/aromatic N) is 2. The fourth-order valence-electron chi connectivity index (χ4n) is 2.80. The van der Waals surface area contributed by atoms with E-state index in [1.165, 1.54) is 50.3 Å². The van der Waals surface area contributed by atoms with E-state index in [-0.39, 0.29) is 0 Å². The molecule has 2 nitrogen and oxygen atoms in total. The largest absolute Gasteiger partial charge is 0.300 e. The molecular formula is C17H28N2. The average Bonchev–Trinajstić information content (AvgIpc) is 2.36. The van der Waals surface area contributed by atoms with Crippen LogP contribution >= 0.6 is 0 Å². The second-order valence-electron chi connectivity index (χ2n) is 6.74. The summed E-state index contributed by atoms with van der Waals surface area (Å²) in [6, 6.07) is 8.90. The van der Waals surface area contributed by atoms with Gasteiger partial charge in [-0.1, -0.05) is 29.8 Å². The lowest BCUT2D eigenvalue weighted by Crippen LogP contribution is -2.53. The summed E-state index contributed by atoms with van der Waals surface area (Å²) < 4.78 is 0. The molecule has 1 aromatic carbocycles. The minimum absolute atomic E-state index is 0.322. The first kappa shape index (κ1) is 14.5. The molecule has 0 N–H and O–H groups in total. The van der Waals surface area contributed by atoms with Gasteiger partial charge in [0.2, 0.25) is 0 Å². The molecule has 0 saturated carbocycles. The minimum Gasteiger partial charge on any atom is -0.300 e. The number of piperazine rings is 1. The summed E-state index contributed by atoms with van der Waals surface area (Å²) in [4.78, 5) is 5.20. The smallest absolute Gasteiger partial charge is 0.0126 e. The highest BCUT2D eigenvalue weighted by atomic mass is 15.3. The maximum absolute atomic E-state index is 2.60. The predicted molar refractivity (Wildman–Crippen MR) is 82.6 cm³/mol. The maximum Gasteiger partial charge on any atom is 0.0126 e. The third-order valence-electron chi connectivity index (χ3n) is 4.12. The van der Waals surface area contributed by atoms with Crippen LogP contribution in [0.25, 0.3) is 0 Å². The lowest BCUT2D eigenvalue weighted by molar-refractivity contribution is 0.0629. The van der Waals surface area contributed by atoms with Gasteiger partial charge in [-0.2, -0.15) is 0 Å². The molecule has 1 aliphatic rings.